The molecule has 3 rings (SSSR count). The Balaban J connectivity index is 1.94. The number of rotatable bonds is 2. The highest BCUT2D eigenvalue weighted by molar-refractivity contribution is 7.94. The predicted octanol–water partition coefficient (Wildman–Crippen LogP) is 5.55. The molecule has 0 saturated heterocycles. The van der Waals surface area contributed by atoms with Gasteiger partial charge in [-0.05, 0) is 47.9 Å². The Labute approximate surface area is 144 Å². The number of aryl methyl sites for hydroxylation is 1. The molecule has 0 saturated carbocycles. The monoisotopic (exact) mass is 376 g/mol. The Bertz CT molecular complexity index is 789. The average molecular weight is 376 g/mol. The van der Waals surface area contributed by atoms with Crippen molar-refractivity contribution in [2.75, 3.05) is 0 Å². The first-order valence-electron chi connectivity index (χ1n) is 7.36. The predicted molar refractivity (Wildman–Crippen MR) is 81.7 cm³/mol. The van der Waals surface area contributed by atoms with Crippen LogP contribution >= 0.6 is 12.0 Å². The van der Waals surface area contributed by atoms with Gasteiger partial charge in [0, 0.05) is 23.4 Å². The molecule has 0 bridgehead atoms. The smallest absolute Gasteiger partial charge is 0.269 e. The van der Waals surface area contributed by atoms with Crippen LogP contribution in [0.1, 0.15) is 47.3 Å². The molecule has 0 aromatic heterocycles. The van der Waals surface area contributed by atoms with E-state index in [1.54, 1.807) is 6.92 Å². The lowest BCUT2D eigenvalue weighted by Crippen LogP contribution is -2.08. The number of aliphatic hydroxyl groups excluding tert-OH is 1. The van der Waals surface area contributed by atoms with Crippen molar-refractivity contribution in [3.05, 3.63) is 64.0 Å². The third-order valence-corrected chi connectivity index (χ3v) is 4.89. The van der Waals surface area contributed by atoms with E-state index in [4.69, 9.17) is 4.18 Å². The summed E-state index contributed by atoms with van der Waals surface area (Å²) in [6.07, 6.45) is -5.35. The molecule has 2 aromatic carbocycles. The van der Waals surface area contributed by atoms with E-state index in [9.17, 15) is 27.1 Å². The molecule has 2 nitrogen and oxygen atoms in total. The van der Waals surface area contributed by atoms with Gasteiger partial charge in [-0.1, -0.05) is 0 Å². The van der Waals surface area contributed by atoms with Crippen LogP contribution in [0, 0.1) is 24.4 Å². The van der Waals surface area contributed by atoms with Gasteiger partial charge in [0.15, 0.2) is 0 Å². The molecule has 2 aromatic rings. The zero-order valence-corrected chi connectivity index (χ0v) is 13.7. The SMILES string of the molecule is Cc1cc2c(cc1F)SOC(c1cc(F)c(C(F)F)c(F)c1)CC2O. The van der Waals surface area contributed by atoms with Gasteiger partial charge in [-0.3, -0.25) is 0 Å². The lowest BCUT2D eigenvalue weighted by molar-refractivity contribution is 0.110. The lowest BCUT2D eigenvalue weighted by Gasteiger charge is -2.17. The van der Waals surface area contributed by atoms with Gasteiger partial charge in [-0.25, -0.2) is 22.0 Å². The number of hydrogen-bond acceptors (Lipinski definition) is 3. The fourth-order valence-corrected chi connectivity index (χ4v) is 3.54. The quantitative estimate of drug-likeness (QED) is 0.550. The summed E-state index contributed by atoms with van der Waals surface area (Å²) in [6.45, 7) is 1.55. The minimum atomic E-state index is -3.28. The molecule has 25 heavy (non-hydrogen) atoms. The van der Waals surface area contributed by atoms with Crippen molar-refractivity contribution in [3.8, 4) is 0 Å². The van der Waals surface area contributed by atoms with Crippen molar-refractivity contribution in [3.63, 3.8) is 0 Å². The first kappa shape index (κ1) is 18.2. The highest BCUT2D eigenvalue weighted by Gasteiger charge is 2.29. The maximum absolute atomic E-state index is 13.8. The largest absolute Gasteiger partial charge is 0.388 e. The zero-order chi connectivity index (χ0) is 18.3. The summed E-state index contributed by atoms with van der Waals surface area (Å²) in [4.78, 5) is 0.350. The highest BCUT2D eigenvalue weighted by atomic mass is 32.2. The maximum atomic E-state index is 13.8. The van der Waals surface area contributed by atoms with Gasteiger partial charge in [0.1, 0.15) is 23.6 Å². The lowest BCUT2D eigenvalue weighted by atomic mass is 9.96. The number of halogens is 5. The molecule has 2 unspecified atom stereocenters. The molecule has 0 spiro atoms. The number of aliphatic hydroxyl groups is 1. The second-order valence-corrected chi connectivity index (χ2v) is 6.56. The van der Waals surface area contributed by atoms with E-state index in [-0.39, 0.29) is 12.0 Å². The first-order chi connectivity index (χ1) is 11.8. The molecule has 1 aliphatic heterocycles. The maximum Gasteiger partial charge on any atom is 0.269 e. The van der Waals surface area contributed by atoms with E-state index in [0.29, 0.717) is 16.0 Å². The van der Waals surface area contributed by atoms with E-state index >= 15 is 0 Å². The van der Waals surface area contributed by atoms with Crippen LogP contribution in [-0.2, 0) is 4.18 Å². The second-order valence-electron chi connectivity index (χ2n) is 5.76. The number of benzene rings is 2. The van der Waals surface area contributed by atoms with Gasteiger partial charge >= 0.3 is 0 Å². The molecule has 1 N–H and O–H groups in total. The van der Waals surface area contributed by atoms with E-state index in [0.717, 1.165) is 24.2 Å². The van der Waals surface area contributed by atoms with Crippen LogP contribution in [0.25, 0.3) is 0 Å². The van der Waals surface area contributed by atoms with Gasteiger partial charge in [-0.15, -0.1) is 0 Å². The fourth-order valence-electron chi connectivity index (χ4n) is 2.69. The Morgan fingerprint density at radius 2 is 1.72 bits per heavy atom. The highest BCUT2D eigenvalue weighted by Crippen LogP contribution is 2.43. The van der Waals surface area contributed by atoms with E-state index in [1.807, 2.05) is 0 Å². The van der Waals surface area contributed by atoms with Gasteiger partial charge in [-0.2, -0.15) is 0 Å². The van der Waals surface area contributed by atoms with Crippen molar-refractivity contribution >= 4 is 12.0 Å². The number of hydrogen-bond donors (Lipinski definition) is 1. The summed E-state index contributed by atoms with van der Waals surface area (Å²) >= 11 is 0.768. The van der Waals surface area contributed by atoms with Crippen molar-refractivity contribution in [1.29, 1.82) is 0 Å². The van der Waals surface area contributed by atoms with Crippen LogP contribution in [0.2, 0.25) is 0 Å². The van der Waals surface area contributed by atoms with E-state index in [2.05, 4.69) is 0 Å². The molecule has 134 valence electrons. The molecule has 1 heterocycles. The third-order valence-electron chi connectivity index (χ3n) is 4.03. The number of alkyl halides is 2. The van der Waals surface area contributed by atoms with Gasteiger partial charge in [0.05, 0.1) is 11.7 Å². The van der Waals surface area contributed by atoms with Crippen molar-refractivity contribution in [2.24, 2.45) is 0 Å². The molecule has 2 atom stereocenters. The summed E-state index contributed by atoms with van der Waals surface area (Å²) in [7, 11) is 0. The summed E-state index contributed by atoms with van der Waals surface area (Å²) in [5.74, 6) is -3.23. The molecular formula is C17H13F5O2S. The standard InChI is InChI=1S/C17H13F5O2S/c1-7-2-9-13(23)6-14(24-25-15(9)5-10(7)18)8-3-11(19)16(17(21)22)12(20)4-8/h2-5,13-14,17,23H,6H2,1H3. The molecule has 0 fully saturated rings. The van der Waals surface area contributed by atoms with E-state index in [1.165, 1.54) is 12.1 Å². The minimum absolute atomic E-state index is 0.0176. The Morgan fingerprint density at radius 1 is 1.08 bits per heavy atom. The summed E-state index contributed by atoms with van der Waals surface area (Å²) in [6, 6.07) is 4.23. The summed E-state index contributed by atoms with van der Waals surface area (Å²) < 4.78 is 72.0. The third kappa shape index (κ3) is 3.51. The number of fused-ring (bicyclic) bond motifs is 1. The second kappa shape index (κ2) is 6.93. The van der Waals surface area contributed by atoms with Crippen LogP contribution < -0.4 is 0 Å². The Kier molecular flexibility index (Phi) is 5.04. The van der Waals surface area contributed by atoms with Gasteiger partial charge in [0.2, 0.25) is 0 Å². The Morgan fingerprint density at radius 3 is 2.32 bits per heavy atom. The normalized spacial score (nSPS) is 20.5. The molecule has 0 amide bonds. The van der Waals surface area contributed by atoms with Gasteiger partial charge < -0.3 is 9.29 Å². The molecule has 1 aliphatic rings. The molecular weight excluding hydrogens is 363 g/mol. The van der Waals surface area contributed by atoms with Crippen LogP contribution in [0.5, 0.6) is 0 Å². The van der Waals surface area contributed by atoms with Crippen LogP contribution in [0.4, 0.5) is 22.0 Å². The molecule has 0 aliphatic carbocycles. The average Bonchev–Trinajstić information content (AvgIpc) is 2.67. The topological polar surface area (TPSA) is 29.5 Å². The van der Waals surface area contributed by atoms with Crippen LogP contribution in [-0.4, -0.2) is 5.11 Å². The minimum Gasteiger partial charge on any atom is -0.388 e. The van der Waals surface area contributed by atoms with Crippen LogP contribution in [0.15, 0.2) is 29.2 Å². The Hall–Kier alpha value is -1.64. The summed E-state index contributed by atoms with van der Waals surface area (Å²) in [5.41, 5.74) is -0.533. The molecule has 0 radical (unpaired) electrons. The van der Waals surface area contributed by atoms with Crippen molar-refractivity contribution in [1.82, 2.24) is 0 Å². The van der Waals surface area contributed by atoms with Crippen LogP contribution in [0.3, 0.4) is 0 Å². The van der Waals surface area contributed by atoms with Gasteiger partial charge in [0.25, 0.3) is 6.43 Å². The first-order valence-corrected chi connectivity index (χ1v) is 8.10. The zero-order valence-electron chi connectivity index (χ0n) is 12.9. The van der Waals surface area contributed by atoms with E-state index < -0.39 is 41.6 Å². The van der Waals surface area contributed by atoms with Crippen molar-refractivity contribution in [2.45, 2.75) is 36.9 Å². The molecule has 8 heteroatoms. The van der Waals surface area contributed by atoms with Crippen molar-refractivity contribution < 1.29 is 31.2 Å². The summed E-state index contributed by atoms with van der Waals surface area (Å²) in [5, 5.41) is 10.3. The fraction of sp³-hybridized carbons (Fsp3) is 0.294.